The minimum absolute atomic E-state index is 0.167. The van der Waals surface area contributed by atoms with Gasteiger partial charge in [0.15, 0.2) is 0 Å². The van der Waals surface area contributed by atoms with Crippen molar-refractivity contribution in [3.05, 3.63) is 32.3 Å². The minimum atomic E-state index is -0.330. The highest BCUT2D eigenvalue weighted by Gasteiger charge is 2.41. The third kappa shape index (κ3) is 2.80. The van der Waals surface area contributed by atoms with Crippen molar-refractivity contribution in [3.63, 3.8) is 0 Å². The number of anilines is 1. The molecular weight excluding hydrogens is 332 g/mol. The van der Waals surface area contributed by atoms with E-state index in [1.807, 2.05) is 6.07 Å². The van der Waals surface area contributed by atoms with Gasteiger partial charge in [-0.3, -0.25) is 10.1 Å². The van der Waals surface area contributed by atoms with Crippen molar-refractivity contribution in [2.24, 2.45) is 17.8 Å². The van der Waals surface area contributed by atoms with E-state index in [4.69, 9.17) is 0 Å². The fraction of sp³-hybridized carbons (Fsp3) is 0.625. The second-order valence-corrected chi connectivity index (χ2v) is 7.50. The number of hydrogen-bond acceptors (Lipinski definition) is 3. The Bertz CT molecular complexity index is 576. The highest BCUT2D eigenvalue weighted by molar-refractivity contribution is 9.10. The van der Waals surface area contributed by atoms with Gasteiger partial charge in [-0.2, -0.15) is 0 Å². The van der Waals surface area contributed by atoms with E-state index in [-0.39, 0.29) is 10.6 Å². The van der Waals surface area contributed by atoms with Crippen LogP contribution in [0, 0.1) is 34.8 Å². The first-order valence-corrected chi connectivity index (χ1v) is 8.46. The Labute approximate surface area is 133 Å². The van der Waals surface area contributed by atoms with Crippen LogP contribution >= 0.6 is 15.9 Å². The fourth-order valence-corrected chi connectivity index (χ4v) is 4.68. The van der Waals surface area contributed by atoms with Crippen molar-refractivity contribution in [2.75, 3.05) is 5.32 Å². The van der Waals surface area contributed by atoms with E-state index in [2.05, 4.69) is 28.2 Å². The SMILES string of the molecule is Cc1cc(NC(C)C2CC3CCC2C3)c(Br)cc1[N+](=O)[O-]. The Hall–Kier alpha value is -1.10. The molecule has 2 saturated carbocycles. The lowest BCUT2D eigenvalue weighted by atomic mass is 9.84. The van der Waals surface area contributed by atoms with Gasteiger partial charge in [0.1, 0.15) is 0 Å². The van der Waals surface area contributed by atoms with Crippen LogP contribution in [0.5, 0.6) is 0 Å². The van der Waals surface area contributed by atoms with Crippen molar-refractivity contribution in [1.82, 2.24) is 0 Å². The van der Waals surface area contributed by atoms with Crippen LogP contribution in [-0.4, -0.2) is 11.0 Å². The van der Waals surface area contributed by atoms with E-state index in [1.165, 1.54) is 25.7 Å². The third-order valence-corrected chi connectivity index (χ3v) is 5.96. The van der Waals surface area contributed by atoms with Gasteiger partial charge in [0, 0.05) is 27.8 Å². The van der Waals surface area contributed by atoms with Crippen molar-refractivity contribution in [2.45, 2.75) is 45.6 Å². The molecule has 114 valence electrons. The maximum absolute atomic E-state index is 11.0. The molecule has 1 aromatic rings. The lowest BCUT2D eigenvalue weighted by Gasteiger charge is -2.29. The number of nitro groups is 1. The van der Waals surface area contributed by atoms with E-state index in [9.17, 15) is 10.1 Å². The molecule has 1 N–H and O–H groups in total. The van der Waals surface area contributed by atoms with E-state index in [0.29, 0.717) is 11.6 Å². The Balaban J connectivity index is 1.75. The number of fused-ring (bicyclic) bond motifs is 2. The van der Waals surface area contributed by atoms with Crippen molar-refractivity contribution < 1.29 is 4.92 Å². The first kappa shape index (κ1) is 14.8. The van der Waals surface area contributed by atoms with Gasteiger partial charge in [-0.05, 0) is 72.9 Å². The van der Waals surface area contributed by atoms with Crippen LogP contribution in [-0.2, 0) is 0 Å². The van der Waals surface area contributed by atoms with Gasteiger partial charge in [0.05, 0.1) is 4.92 Å². The second-order valence-electron chi connectivity index (χ2n) is 6.65. The first-order chi connectivity index (χ1) is 9.95. The predicted molar refractivity (Wildman–Crippen MR) is 87.6 cm³/mol. The predicted octanol–water partition coefficient (Wildman–Crippen LogP) is 4.90. The standard InChI is InChI=1S/C16H21BrN2O2/c1-9-5-15(14(17)8-16(9)19(20)21)18-10(2)13-7-11-3-4-12(13)6-11/h5,8,10-13,18H,3-4,6-7H2,1-2H3. The molecule has 0 saturated heterocycles. The maximum Gasteiger partial charge on any atom is 0.273 e. The average molecular weight is 353 g/mol. The van der Waals surface area contributed by atoms with Gasteiger partial charge in [-0.1, -0.05) is 6.42 Å². The number of hydrogen-bond donors (Lipinski definition) is 1. The number of aryl methyl sites for hydroxylation is 1. The zero-order valence-corrected chi connectivity index (χ0v) is 14.0. The summed E-state index contributed by atoms with van der Waals surface area (Å²) in [6, 6.07) is 3.90. The first-order valence-electron chi connectivity index (χ1n) is 7.66. The molecule has 4 atom stereocenters. The molecule has 1 aromatic carbocycles. The molecule has 2 fully saturated rings. The second kappa shape index (κ2) is 5.59. The summed E-state index contributed by atoms with van der Waals surface area (Å²) in [4.78, 5) is 10.6. The molecule has 0 amide bonds. The number of rotatable bonds is 4. The van der Waals surface area contributed by atoms with Crippen LogP contribution in [0.1, 0.15) is 38.2 Å². The minimum Gasteiger partial charge on any atom is -0.381 e. The lowest BCUT2D eigenvalue weighted by molar-refractivity contribution is -0.385. The van der Waals surface area contributed by atoms with Gasteiger partial charge in [-0.15, -0.1) is 0 Å². The molecule has 0 aromatic heterocycles. The number of benzene rings is 1. The summed E-state index contributed by atoms with van der Waals surface area (Å²) in [5.74, 6) is 2.55. The van der Waals surface area contributed by atoms with Gasteiger partial charge in [-0.25, -0.2) is 0 Å². The number of nitrogens with one attached hydrogen (secondary N) is 1. The summed E-state index contributed by atoms with van der Waals surface area (Å²) in [5.41, 5.74) is 1.83. The Morgan fingerprint density at radius 1 is 1.38 bits per heavy atom. The van der Waals surface area contributed by atoms with Crippen LogP contribution in [0.25, 0.3) is 0 Å². The zero-order chi connectivity index (χ0) is 15.1. The normalized spacial score (nSPS) is 28.6. The highest BCUT2D eigenvalue weighted by atomic mass is 79.9. The molecule has 3 rings (SSSR count). The van der Waals surface area contributed by atoms with Crippen LogP contribution in [0.4, 0.5) is 11.4 Å². The van der Waals surface area contributed by atoms with E-state index in [0.717, 1.165) is 27.9 Å². The summed E-state index contributed by atoms with van der Waals surface area (Å²) in [6.07, 6.45) is 5.52. The van der Waals surface area contributed by atoms with Crippen molar-refractivity contribution in [1.29, 1.82) is 0 Å². The maximum atomic E-state index is 11.0. The van der Waals surface area contributed by atoms with E-state index < -0.39 is 0 Å². The summed E-state index contributed by atoms with van der Waals surface area (Å²) in [6.45, 7) is 4.03. The summed E-state index contributed by atoms with van der Waals surface area (Å²) in [7, 11) is 0. The van der Waals surface area contributed by atoms with Crippen LogP contribution in [0.15, 0.2) is 16.6 Å². The Kier molecular flexibility index (Phi) is 3.95. The van der Waals surface area contributed by atoms with Crippen LogP contribution < -0.4 is 5.32 Å². The molecule has 0 spiro atoms. The summed E-state index contributed by atoms with van der Waals surface area (Å²) < 4.78 is 0.773. The third-order valence-electron chi connectivity index (χ3n) is 5.30. The van der Waals surface area contributed by atoms with Gasteiger partial charge < -0.3 is 5.32 Å². The quantitative estimate of drug-likeness (QED) is 0.619. The average Bonchev–Trinajstić information content (AvgIpc) is 3.04. The monoisotopic (exact) mass is 352 g/mol. The Morgan fingerprint density at radius 2 is 2.14 bits per heavy atom. The fourth-order valence-electron chi connectivity index (χ4n) is 4.24. The molecule has 5 heteroatoms. The molecule has 2 aliphatic rings. The Morgan fingerprint density at radius 3 is 2.71 bits per heavy atom. The number of nitro benzene ring substituents is 1. The van der Waals surface area contributed by atoms with Gasteiger partial charge in [0.2, 0.25) is 0 Å². The van der Waals surface area contributed by atoms with Crippen molar-refractivity contribution in [3.8, 4) is 0 Å². The van der Waals surface area contributed by atoms with Gasteiger partial charge in [0.25, 0.3) is 5.69 Å². The molecular formula is C16H21BrN2O2. The molecule has 0 aliphatic heterocycles. The molecule has 0 radical (unpaired) electrons. The van der Waals surface area contributed by atoms with E-state index in [1.54, 1.807) is 13.0 Å². The molecule has 21 heavy (non-hydrogen) atoms. The molecule has 0 heterocycles. The largest absolute Gasteiger partial charge is 0.381 e. The van der Waals surface area contributed by atoms with Crippen LogP contribution in [0.3, 0.4) is 0 Å². The molecule has 4 nitrogen and oxygen atoms in total. The highest BCUT2D eigenvalue weighted by Crippen LogP contribution is 2.50. The summed E-state index contributed by atoms with van der Waals surface area (Å²) in [5, 5.41) is 14.5. The molecule has 2 aliphatic carbocycles. The topological polar surface area (TPSA) is 55.2 Å². The van der Waals surface area contributed by atoms with Crippen molar-refractivity contribution >= 4 is 27.3 Å². The van der Waals surface area contributed by atoms with E-state index >= 15 is 0 Å². The number of halogens is 1. The molecule has 2 bridgehead atoms. The van der Waals surface area contributed by atoms with Crippen LogP contribution in [0.2, 0.25) is 0 Å². The number of nitrogens with zero attached hydrogens (tertiary/aromatic N) is 1. The molecule has 4 unspecified atom stereocenters. The smallest absolute Gasteiger partial charge is 0.273 e. The van der Waals surface area contributed by atoms with Gasteiger partial charge >= 0.3 is 0 Å². The lowest BCUT2D eigenvalue weighted by Crippen LogP contribution is -2.30. The summed E-state index contributed by atoms with van der Waals surface area (Å²) >= 11 is 3.46. The zero-order valence-electron chi connectivity index (χ0n) is 12.4.